The van der Waals surface area contributed by atoms with Gasteiger partial charge in [-0.05, 0) is 61.5 Å². The Morgan fingerprint density at radius 1 is 0.700 bits per heavy atom. The van der Waals surface area contributed by atoms with Gasteiger partial charge in [-0.15, -0.1) is 0 Å². The maximum Gasteiger partial charge on any atom is 0.166 e. The van der Waals surface area contributed by atoms with Crippen LogP contribution in [0.3, 0.4) is 0 Å². The van der Waals surface area contributed by atoms with Crippen LogP contribution in [0.4, 0.5) is 8.78 Å². The van der Waals surface area contributed by atoms with E-state index in [0.717, 1.165) is 49.7 Å². The van der Waals surface area contributed by atoms with Gasteiger partial charge < -0.3 is 0 Å². The lowest BCUT2D eigenvalue weighted by Crippen LogP contribution is -2.09. The number of unbranched alkanes of at least 4 members (excludes halogenated alkanes) is 4. The molecule has 0 saturated heterocycles. The van der Waals surface area contributed by atoms with E-state index in [1.807, 2.05) is 12.1 Å². The van der Waals surface area contributed by atoms with Gasteiger partial charge in [-0.3, -0.25) is 0 Å². The fourth-order valence-electron chi connectivity index (χ4n) is 5.20. The second-order valence-electron chi connectivity index (χ2n) is 9.52. The van der Waals surface area contributed by atoms with Crippen molar-refractivity contribution in [1.82, 2.24) is 0 Å². The predicted molar refractivity (Wildman–Crippen MR) is 125 cm³/mol. The van der Waals surface area contributed by atoms with Crippen molar-refractivity contribution < 1.29 is 8.78 Å². The van der Waals surface area contributed by atoms with Gasteiger partial charge in [-0.1, -0.05) is 89.5 Å². The molecule has 0 heterocycles. The Kier molecular flexibility index (Phi) is 9.15. The monoisotopic (exact) mass is 414 g/mol. The third kappa shape index (κ3) is 6.05. The smallest absolute Gasteiger partial charge is 0.166 e. The number of allylic oxidation sites excluding steroid dienone is 4. The standard InChI is InChI=1S/C28H40F2/c1-3-5-7-9-21-11-15-23(16-12-21)25-19-20-26(28(30)27(25)29)24-17-13-22(14-18-24)10-8-6-4-2/h15,17,19-22H,3-14,16,18H2,1-2H3. The summed E-state index contributed by atoms with van der Waals surface area (Å²) in [4.78, 5) is 0. The summed E-state index contributed by atoms with van der Waals surface area (Å²) < 4.78 is 30.0. The van der Waals surface area contributed by atoms with Crippen LogP contribution in [0.15, 0.2) is 24.3 Å². The molecule has 1 aromatic rings. The molecule has 0 N–H and O–H groups in total. The largest absolute Gasteiger partial charge is 0.203 e. The number of hydrogen-bond acceptors (Lipinski definition) is 0. The van der Waals surface area contributed by atoms with Gasteiger partial charge in [0.25, 0.3) is 0 Å². The summed E-state index contributed by atoms with van der Waals surface area (Å²) in [6, 6.07) is 3.65. The maximum absolute atomic E-state index is 15.0. The first kappa shape index (κ1) is 23.2. The first-order valence-corrected chi connectivity index (χ1v) is 12.5. The Morgan fingerprint density at radius 2 is 1.13 bits per heavy atom. The summed E-state index contributed by atoms with van der Waals surface area (Å²) in [5.41, 5.74) is 2.96. The molecule has 2 aliphatic carbocycles. The first-order valence-electron chi connectivity index (χ1n) is 12.5. The molecule has 0 aromatic heterocycles. The third-order valence-electron chi connectivity index (χ3n) is 7.25. The van der Waals surface area contributed by atoms with E-state index in [2.05, 4.69) is 26.0 Å². The van der Waals surface area contributed by atoms with Crippen LogP contribution in [-0.2, 0) is 0 Å². The molecule has 0 fully saturated rings. The fourth-order valence-corrected chi connectivity index (χ4v) is 5.20. The number of benzene rings is 1. The molecule has 0 bridgehead atoms. The lowest BCUT2D eigenvalue weighted by atomic mass is 9.82. The molecule has 2 unspecified atom stereocenters. The van der Waals surface area contributed by atoms with Crippen LogP contribution in [0.1, 0.15) is 115 Å². The SMILES string of the molecule is CCCCCC1CC=C(c2ccc(C3=CCC(CCCCC)CC3)c(F)c2F)CC1. The topological polar surface area (TPSA) is 0 Å². The molecule has 3 rings (SSSR count). The predicted octanol–water partition coefficient (Wildman–Crippen LogP) is 9.49. The van der Waals surface area contributed by atoms with Gasteiger partial charge in [0.2, 0.25) is 0 Å². The minimum Gasteiger partial charge on any atom is -0.203 e. The highest BCUT2D eigenvalue weighted by Crippen LogP contribution is 2.38. The lowest BCUT2D eigenvalue weighted by molar-refractivity contribution is 0.426. The van der Waals surface area contributed by atoms with Crippen LogP contribution in [0.2, 0.25) is 0 Å². The Hall–Kier alpha value is -1.44. The minimum atomic E-state index is -0.644. The van der Waals surface area contributed by atoms with E-state index >= 15 is 0 Å². The molecule has 30 heavy (non-hydrogen) atoms. The third-order valence-corrected chi connectivity index (χ3v) is 7.25. The van der Waals surface area contributed by atoms with Crippen molar-refractivity contribution in [2.24, 2.45) is 11.8 Å². The van der Waals surface area contributed by atoms with Crippen molar-refractivity contribution in [1.29, 1.82) is 0 Å². The van der Waals surface area contributed by atoms with Gasteiger partial charge in [0.05, 0.1) is 0 Å². The highest BCUT2D eigenvalue weighted by molar-refractivity contribution is 5.72. The molecule has 1 aromatic carbocycles. The van der Waals surface area contributed by atoms with Crippen LogP contribution in [0.5, 0.6) is 0 Å². The molecular weight excluding hydrogens is 374 g/mol. The summed E-state index contributed by atoms with van der Waals surface area (Å²) in [6.45, 7) is 4.46. The van der Waals surface area contributed by atoms with Crippen molar-refractivity contribution >= 4 is 11.1 Å². The van der Waals surface area contributed by atoms with E-state index in [4.69, 9.17) is 0 Å². The zero-order valence-corrected chi connectivity index (χ0v) is 19.1. The zero-order chi connectivity index (χ0) is 21.3. The zero-order valence-electron chi connectivity index (χ0n) is 19.1. The Labute approximate surface area is 182 Å². The second-order valence-corrected chi connectivity index (χ2v) is 9.52. The van der Waals surface area contributed by atoms with Crippen molar-refractivity contribution in [3.05, 3.63) is 47.0 Å². The molecule has 0 amide bonds. The molecule has 0 nitrogen and oxygen atoms in total. The van der Waals surface area contributed by atoms with Crippen LogP contribution >= 0.6 is 0 Å². The molecule has 0 spiro atoms. The summed E-state index contributed by atoms with van der Waals surface area (Å²) >= 11 is 0. The number of hydrogen-bond donors (Lipinski definition) is 0. The summed E-state index contributed by atoms with van der Waals surface area (Å²) in [5.74, 6) is 0.138. The second kappa shape index (κ2) is 11.8. The van der Waals surface area contributed by atoms with Gasteiger partial charge in [-0.2, -0.15) is 0 Å². The van der Waals surface area contributed by atoms with E-state index in [0.29, 0.717) is 23.0 Å². The Morgan fingerprint density at radius 3 is 1.47 bits per heavy atom. The van der Waals surface area contributed by atoms with E-state index in [9.17, 15) is 8.78 Å². The summed E-state index contributed by atoms with van der Waals surface area (Å²) in [5, 5.41) is 0. The van der Waals surface area contributed by atoms with Crippen molar-refractivity contribution in [3.8, 4) is 0 Å². The fraction of sp³-hybridized carbons (Fsp3) is 0.643. The van der Waals surface area contributed by atoms with E-state index in [-0.39, 0.29) is 0 Å². The highest BCUT2D eigenvalue weighted by Gasteiger charge is 2.23. The molecule has 166 valence electrons. The van der Waals surface area contributed by atoms with E-state index < -0.39 is 11.6 Å². The Balaban J connectivity index is 1.64. The van der Waals surface area contributed by atoms with E-state index in [1.165, 1.54) is 51.4 Å². The maximum atomic E-state index is 15.0. The van der Waals surface area contributed by atoms with Crippen LogP contribution in [0, 0.1) is 23.5 Å². The first-order chi connectivity index (χ1) is 14.6. The van der Waals surface area contributed by atoms with Crippen molar-refractivity contribution in [2.45, 2.75) is 104 Å². The van der Waals surface area contributed by atoms with E-state index in [1.54, 1.807) is 0 Å². The summed E-state index contributed by atoms with van der Waals surface area (Å²) in [6.07, 6.45) is 20.5. The van der Waals surface area contributed by atoms with Crippen LogP contribution in [0.25, 0.3) is 11.1 Å². The number of rotatable bonds is 10. The lowest BCUT2D eigenvalue weighted by Gasteiger charge is -2.24. The molecule has 0 radical (unpaired) electrons. The average Bonchev–Trinajstić information content (AvgIpc) is 2.77. The Bertz CT molecular complexity index is 680. The molecule has 2 aliphatic rings. The van der Waals surface area contributed by atoms with Gasteiger partial charge in [-0.25, -0.2) is 8.78 Å². The van der Waals surface area contributed by atoms with Gasteiger partial charge >= 0.3 is 0 Å². The molecule has 2 atom stereocenters. The minimum absolute atomic E-state index is 0.483. The van der Waals surface area contributed by atoms with Gasteiger partial charge in [0.15, 0.2) is 11.6 Å². The molecular formula is C28H40F2. The van der Waals surface area contributed by atoms with Gasteiger partial charge in [0, 0.05) is 11.1 Å². The molecule has 0 saturated carbocycles. The quantitative estimate of drug-likeness (QED) is 0.334. The van der Waals surface area contributed by atoms with Crippen LogP contribution in [-0.4, -0.2) is 0 Å². The van der Waals surface area contributed by atoms with Crippen molar-refractivity contribution in [2.75, 3.05) is 0 Å². The highest BCUT2D eigenvalue weighted by atomic mass is 19.2. The van der Waals surface area contributed by atoms with Crippen molar-refractivity contribution in [3.63, 3.8) is 0 Å². The summed E-state index contributed by atoms with van der Waals surface area (Å²) in [7, 11) is 0. The average molecular weight is 415 g/mol. The molecule has 0 aliphatic heterocycles. The van der Waals surface area contributed by atoms with Crippen LogP contribution < -0.4 is 0 Å². The van der Waals surface area contributed by atoms with Gasteiger partial charge in [0.1, 0.15) is 0 Å². The molecule has 2 heteroatoms. The normalized spacial score (nSPS) is 22.0. The number of halogens is 2.